The van der Waals surface area contributed by atoms with E-state index in [2.05, 4.69) is 26.6 Å². The summed E-state index contributed by atoms with van der Waals surface area (Å²) < 4.78 is 0. The number of nitrogens with one attached hydrogen (secondary N) is 5. The van der Waals surface area contributed by atoms with Gasteiger partial charge in [-0.1, -0.05) is 12.1 Å². The Bertz CT molecular complexity index is 1210. The van der Waals surface area contributed by atoms with E-state index in [1.165, 1.54) is 29.2 Å². The van der Waals surface area contributed by atoms with Gasteiger partial charge in [0.1, 0.15) is 29.9 Å². The van der Waals surface area contributed by atoms with Crippen molar-refractivity contribution in [3.63, 3.8) is 0 Å². The van der Waals surface area contributed by atoms with Crippen LogP contribution in [0.3, 0.4) is 0 Å². The second-order valence-electron chi connectivity index (χ2n) is 9.90. The molecule has 228 valence electrons. The molecule has 6 amide bonds. The van der Waals surface area contributed by atoms with Gasteiger partial charge in [0.05, 0.1) is 19.6 Å². The van der Waals surface area contributed by atoms with Crippen molar-refractivity contribution in [2.24, 2.45) is 0 Å². The Morgan fingerprint density at radius 3 is 2.19 bits per heavy atom. The summed E-state index contributed by atoms with van der Waals surface area (Å²) in [6.45, 7) is -1.32. The van der Waals surface area contributed by atoms with E-state index in [4.69, 9.17) is 0 Å². The number of fused-ring (bicyclic) bond motifs is 1. The number of carbonyl (C=O) groups is 7. The van der Waals surface area contributed by atoms with Crippen molar-refractivity contribution < 1.29 is 48.9 Å². The largest absolute Gasteiger partial charge is 0.508 e. The zero-order chi connectivity index (χ0) is 30.8. The molecule has 3 rings (SSSR count). The van der Waals surface area contributed by atoms with Gasteiger partial charge in [-0.05, 0) is 30.5 Å². The Morgan fingerprint density at radius 1 is 0.857 bits per heavy atom. The summed E-state index contributed by atoms with van der Waals surface area (Å²) in [4.78, 5) is 89.9. The van der Waals surface area contributed by atoms with Crippen LogP contribution in [0, 0.1) is 0 Å². The van der Waals surface area contributed by atoms with Crippen LogP contribution >= 0.6 is 0 Å². The zero-order valence-electron chi connectivity index (χ0n) is 22.6. The van der Waals surface area contributed by atoms with Gasteiger partial charge in [-0.25, -0.2) is 0 Å². The van der Waals surface area contributed by atoms with E-state index < -0.39 is 85.2 Å². The molecule has 0 aliphatic carbocycles. The normalized spacial score (nSPS) is 25.0. The molecule has 0 saturated carbocycles. The van der Waals surface area contributed by atoms with Gasteiger partial charge in [0.25, 0.3) is 0 Å². The molecule has 1 aromatic carbocycles. The number of hydrogen-bond acceptors (Lipinski definition) is 9. The van der Waals surface area contributed by atoms with Crippen molar-refractivity contribution in [3.8, 4) is 5.75 Å². The fourth-order valence-electron chi connectivity index (χ4n) is 4.62. The summed E-state index contributed by atoms with van der Waals surface area (Å²) in [6, 6.07) is 0.174. The summed E-state index contributed by atoms with van der Waals surface area (Å²) in [6.07, 6.45) is -0.437. The highest BCUT2D eigenvalue weighted by molar-refractivity contribution is 5.97. The predicted octanol–water partition coefficient (Wildman–Crippen LogP) is -3.52. The van der Waals surface area contributed by atoms with E-state index in [0.717, 1.165) is 0 Å². The van der Waals surface area contributed by atoms with Gasteiger partial charge in [-0.3, -0.25) is 33.6 Å². The van der Waals surface area contributed by atoms with Crippen molar-refractivity contribution in [2.45, 2.75) is 56.3 Å². The molecule has 0 spiro atoms. The lowest BCUT2D eigenvalue weighted by Crippen LogP contribution is -2.59. The number of nitrogens with zero attached hydrogens (tertiary/aromatic N) is 1. The van der Waals surface area contributed by atoms with E-state index in [1.54, 1.807) is 0 Å². The number of aliphatic hydroxyl groups excluding tert-OH is 1. The molecule has 2 aliphatic rings. The molecule has 1 aromatic rings. The Hall–Kier alpha value is -4.73. The van der Waals surface area contributed by atoms with Crippen molar-refractivity contribution >= 4 is 41.4 Å². The molecule has 0 aromatic heterocycles. The van der Waals surface area contributed by atoms with Crippen LogP contribution in [0.2, 0.25) is 0 Å². The van der Waals surface area contributed by atoms with Gasteiger partial charge in [-0.15, -0.1) is 0 Å². The number of aliphatic hydroxyl groups is 1. The van der Waals surface area contributed by atoms with Gasteiger partial charge >= 0.3 is 5.97 Å². The van der Waals surface area contributed by atoms with Crippen LogP contribution in [0.1, 0.15) is 31.2 Å². The van der Waals surface area contributed by atoms with Crippen LogP contribution in [0.4, 0.5) is 0 Å². The van der Waals surface area contributed by atoms with Crippen LogP contribution in [0.25, 0.3) is 0 Å². The van der Waals surface area contributed by atoms with Crippen molar-refractivity contribution in [2.75, 3.05) is 26.2 Å². The van der Waals surface area contributed by atoms with Crippen molar-refractivity contribution in [3.05, 3.63) is 29.8 Å². The summed E-state index contributed by atoms with van der Waals surface area (Å²) in [5.41, 5.74) is 0.497. The molecular formula is C26H34N6O10. The number of carboxylic acids is 1. The third kappa shape index (κ3) is 8.89. The standard InChI is InChI=1S/C26H34N6O10/c33-13-18-26(42)32-9-1-2-19(32)25(41)27-8-7-20(35)28-12-21(36)29-16(10-14-3-5-15(34)6-4-14)23(39)30-17(11-22(37)38)24(40)31-18/h3-6,16-19,33-34H,1-2,7-13H2,(H,27,41)(H,28,35)(H,29,36)(H,30,39)(H,31,40)(H,37,38)/t16-,17-,18-,19-/m0/s1. The smallest absolute Gasteiger partial charge is 0.305 e. The zero-order valence-corrected chi connectivity index (χ0v) is 22.6. The Morgan fingerprint density at radius 2 is 1.52 bits per heavy atom. The SMILES string of the molecule is O=C(O)C[C@@H]1NC(=O)[C@H](Cc2ccc(O)cc2)NC(=O)CNC(=O)CCNC(=O)[C@@H]2CCCN2C(=O)[C@H](CO)NC1=O. The molecule has 16 heteroatoms. The van der Waals surface area contributed by atoms with Gasteiger partial charge < -0.3 is 46.8 Å². The van der Waals surface area contributed by atoms with Gasteiger partial charge in [0.2, 0.25) is 35.4 Å². The average molecular weight is 591 g/mol. The van der Waals surface area contributed by atoms with E-state index in [0.29, 0.717) is 18.4 Å². The first-order chi connectivity index (χ1) is 20.0. The number of amides is 6. The summed E-state index contributed by atoms with van der Waals surface area (Å²) in [5, 5.41) is 40.7. The van der Waals surface area contributed by atoms with Gasteiger partial charge in [-0.2, -0.15) is 0 Å². The maximum Gasteiger partial charge on any atom is 0.305 e. The first-order valence-electron chi connectivity index (χ1n) is 13.3. The van der Waals surface area contributed by atoms with E-state index in [1.807, 2.05) is 0 Å². The number of aliphatic carboxylic acids is 1. The lowest BCUT2D eigenvalue weighted by Gasteiger charge is -2.29. The summed E-state index contributed by atoms with van der Waals surface area (Å²) >= 11 is 0. The highest BCUT2D eigenvalue weighted by Crippen LogP contribution is 2.19. The topological polar surface area (TPSA) is 244 Å². The first kappa shape index (κ1) is 31.8. The minimum Gasteiger partial charge on any atom is -0.508 e. The maximum atomic E-state index is 13.3. The molecule has 2 aliphatic heterocycles. The molecule has 0 unspecified atom stereocenters. The molecule has 2 saturated heterocycles. The van der Waals surface area contributed by atoms with Crippen LogP contribution in [-0.2, 0) is 40.0 Å². The molecule has 8 N–H and O–H groups in total. The third-order valence-corrected chi connectivity index (χ3v) is 6.77. The van der Waals surface area contributed by atoms with Crippen molar-refractivity contribution in [1.82, 2.24) is 31.5 Å². The fourth-order valence-corrected chi connectivity index (χ4v) is 4.62. The predicted molar refractivity (Wildman–Crippen MR) is 142 cm³/mol. The van der Waals surface area contributed by atoms with E-state index in [-0.39, 0.29) is 31.7 Å². The minimum absolute atomic E-state index is 0.0434. The summed E-state index contributed by atoms with van der Waals surface area (Å²) in [5.74, 6) is -6.19. The average Bonchev–Trinajstić information content (AvgIpc) is 3.44. The number of carbonyl (C=O) groups excluding carboxylic acids is 6. The Labute approximate surface area is 240 Å². The van der Waals surface area contributed by atoms with Crippen LogP contribution in [0.5, 0.6) is 5.75 Å². The number of carboxylic acid groups (broad SMARTS) is 1. The molecule has 0 radical (unpaired) electrons. The van der Waals surface area contributed by atoms with Crippen LogP contribution < -0.4 is 26.6 Å². The number of rotatable bonds is 5. The third-order valence-electron chi connectivity index (χ3n) is 6.77. The monoisotopic (exact) mass is 590 g/mol. The molecule has 42 heavy (non-hydrogen) atoms. The lowest BCUT2D eigenvalue weighted by atomic mass is 10.0. The number of aromatic hydroxyl groups is 1. The number of hydrogen-bond donors (Lipinski definition) is 8. The molecule has 16 nitrogen and oxygen atoms in total. The molecule has 0 bridgehead atoms. The molecule has 4 atom stereocenters. The molecular weight excluding hydrogens is 556 g/mol. The summed E-state index contributed by atoms with van der Waals surface area (Å²) in [7, 11) is 0. The molecule has 2 heterocycles. The van der Waals surface area contributed by atoms with Crippen LogP contribution in [0.15, 0.2) is 24.3 Å². The van der Waals surface area contributed by atoms with E-state index in [9.17, 15) is 48.9 Å². The van der Waals surface area contributed by atoms with Gasteiger partial charge in [0.15, 0.2) is 0 Å². The quantitative estimate of drug-likeness (QED) is 0.168. The van der Waals surface area contributed by atoms with Crippen LogP contribution in [-0.4, -0.2) is 112 Å². The minimum atomic E-state index is -1.71. The number of phenols is 1. The fraction of sp³-hybridized carbons (Fsp3) is 0.500. The van der Waals surface area contributed by atoms with Crippen molar-refractivity contribution in [1.29, 1.82) is 0 Å². The second-order valence-corrected chi connectivity index (χ2v) is 9.90. The number of benzene rings is 1. The van der Waals surface area contributed by atoms with E-state index >= 15 is 0 Å². The van der Waals surface area contributed by atoms with Gasteiger partial charge in [0, 0.05) is 25.9 Å². The molecule has 2 fully saturated rings. The second kappa shape index (κ2) is 14.8. The Balaban J connectivity index is 1.90. The maximum absolute atomic E-state index is 13.3. The number of phenolic OH excluding ortho intramolecular Hbond substituents is 1. The first-order valence-corrected chi connectivity index (χ1v) is 13.3. The highest BCUT2D eigenvalue weighted by Gasteiger charge is 2.38. The lowest BCUT2D eigenvalue weighted by molar-refractivity contribution is -0.144. The Kier molecular flexibility index (Phi) is 11.2. The highest BCUT2D eigenvalue weighted by atomic mass is 16.4.